The third-order valence-electron chi connectivity index (χ3n) is 2.40. The lowest BCUT2D eigenvalue weighted by Crippen LogP contribution is -2.21. The lowest BCUT2D eigenvalue weighted by atomic mass is 10.2. The molecule has 1 N–H and O–H groups in total. The summed E-state index contributed by atoms with van der Waals surface area (Å²) in [5, 5.41) is 2.46. The Bertz CT molecular complexity index is 333. The van der Waals surface area contributed by atoms with Crippen LogP contribution in [0.25, 0.3) is 0 Å². The Morgan fingerprint density at radius 3 is 2.25 bits per heavy atom. The zero-order chi connectivity index (χ0) is 12.0. The normalized spacial score (nSPS) is 9.94. The van der Waals surface area contributed by atoms with Gasteiger partial charge in [0.05, 0.1) is 0 Å². The largest absolute Gasteiger partial charge is 0.372 e. The number of hydrogen-bond donors (Lipinski definition) is 1. The maximum atomic E-state index is 12.0. The van der Waals surface area contributed by atoms with Crippen molar-refractivity contribution in [1.29, 1.82) is 0 Å². The van der Waals surface area contributed by atoms with Gasteiger partial charge in [-0.2, -0.15) is 0 Å². The van der Waals surface area contributed by atoms with E-state index in [9.17, 15) is 9.18 Å². The summed E-state index contributed by atoms with van der Waals surface area (Å²) < 4.78 is 12.0. The van der Waals surface area contributed by atoms with Crippen molar-refractivity contribution in [2.45, 2.75) is 13.8 Å². The minimum atomic E-state index is -0.988. The molecule has 0 fully saturated rings. The van der Waals surface area contributed by atoms with Crippen molar-refractivity contribution in [3.63, 3.8) is 0 Å². The van der Waals surface area contributed by atoms with Crippen molar-refractivity contribution in [2.24, 2.45) is 0 Å². The maximum absolute atomic E-state index is 12.0. The van der Waals surface area contributed by atoms with Crippen molar-refractivity contribution in [3.8, 4) is 0 Å². The van der Waals surface area contributed by atoms with Gasteiger partial charge in [0.25, 0.3) is 5.91 Å². The van der Waals surface area contributed by atoms with E-state index in [1.807, 2.05) is 12.1 Å². The highest BCUT2D eigenvalue weighted by Crippen LogP contribution is 2.17. The van der Waals surface area contributed by atoms with E-state index >= 15 is 0 Å². The summed E-state index contributed by atoms with van der Waals surface area (Å²) in [5.74, 6) is -0.615. The molecule has 3 nitrogen and oxygen atoms in total. The van der Waals surface area contributed by atoms with E-state index in [2.05, 4.69) is 24.1 Å². The van der Waals surface area contributed by atoms with E-state index in [-0.39, 0.29) is 0 Å². The fraction of sp³-hybridized carbons (Fsp3) is 0.417. The lowest BCUT2D eigenvalue weighted by molar-refractivity contribution is -0.117. The number of anilines is 2. The molecule has 0 bridgehead atoms. The number of rotatable bonds is 5. The molecule has 0 heterocycles. The second-order valence-corrected chi connectivity index (χ2v) is 3.40. The number of nitrogens with one attached hydrogen (secondary N) is 1. The number of carbonyl (C=O) groups excluding carboxylic acids is 1. The topological polar surface area (TPSA) is 32.3 Å². The van der Waals surface area contributed by atoms with Gasteiger partial charge in [-0.1, -0.05) is 0 Å². The highest BCUT2D eigenvalue weighted by Gasteiger charge is 2.03. The molecular weight excluding hydrogens is 207 g/mol. The summed E-state index contributed by atoms with van der Waals surface area (Å²) in [5.41, 5.74) is 1.72. The first-order valence-corrected chi connectivity index (χ1v) is 5.42. The molecular formula is C12H17FN2O. The van der Waals surface area contributed by atoms with Crippen LogP contribution in [0.3, 0.4) is 0 Å². The van der Waals surface area contributed by atoms with Gasteiger partial charge in [0.2, 0.25) is 0 Å². The SMILES string of the molecule is CCN(CC)c1ccc(NC(=O)CF)cc1. The van der Waals surface area contributed by atoms with Gasteiger partial charge in [-0.25, -0.2) is 4.39 Å². The van der Waals surface area contributed by atoms with Gasteiger partial charge < -0.3 is 10.2 Å². The average molecular weight is 224 g/mol. The number of nitrogens with zero attached hydrogens (tertiary/aromatic N) is 1. The van der Waals surface area contributed by atoms with Crippen LogP contribution in [0.1, 0.15) is 13.8 Å². The van der Waals surface area contributed by atoms with E-state index in [0.29, 0.717) is 5.69 Å². The molecule has 4 heteroatoms. The molecule has 0 aromatic heterocycles. The summed E-state index contributed by atoms with van der Waals surface area (Å²) >= 11 is 0. The molecule has 0 saturated carbocycles. The van der Waals surface area contributed by atoms with E-state index in [1.165, 1.54) is 0 Å². The highest BCUT2D eigenvalue weighted by atomic mass is 19.1. The van der Waals surface area contributed by atoms with Gasteiger partial charge in [-0.05, 0) is 38.1 Å². The molecule has 0 radical (unpaired) electrons. The number of benzene rings is 1. The van der Waals surface area contributed by atoms with Crippen LogP contribution in [-0.2, 0) is 4.79 Å². The summed E-state index contributed by atoms with van der Waals surface area (Å²) in [6.07, 6.45) is 0. The number of carbonyl (C=O) groups is 1. The fourth-order valence-electron chi connectivity index (χ4n) is 1.54. The van der Waals surface area contributed by atoms with Crippen LogP contribution in [0.4, 0.5) is 15.8 Å². The Kier molecular flexibility index (Phi) is 4.76. The van der Waals surface area contributed by atoms with Crippen LogP contribution in [0.15, 0.2) is 24.3 Å². The Morgan fingerprint density at radius 1 is 1.25 bits per heavy atom. The molecule has 0 saturated heterocycles. The molecule has 16 heavy (non-hydrogen) atoms. The van der Waals surface area contributed by atoms with Crippen molar-refractivity contribution in [2.75, 3.05) is 30.0 Å². The van der Waals surface area contributed by atoms with Crippen LogP contribution in [-0.4, -0.2) is 25.7 Å². The summed E-state index contributed by atoms with van der Waals surface area (Å²) in [6.45, 7) is 5.06. The van der Waals surface area contributed by atoms with E-state index < -0.39 is 12.6 Å². The van der Waals surface area contributed by atoms with Gasteiger partial charge >= 0.3 is 0 Å². The smallest absolute Gasteiger partial charge is 0.255 e. The predicted molar refractivity (Wildman–Crippen MR) is 64.6 cm³/mol. The van der Waals surface area contributed by atoms with Crippen LogP contribution < -0.4 is 10.2 Å². The van der Waals surface area contributed by atoms with Crippen molar-refractivity contribution < 1.29 is 9.18 Å². The van der Waals surface area contributed by atoms with Crippen LogP contribution in [0, 0.1) is 0 Å². The van der Waals surface area contributed by atoms with Gasteiger partial charge in [0, 0.05) is 24.5 Å². The zero-order valence-electron chi connectivity index (χ0n) is 9.66. The van der Waals surface area contributed by atoms with Crippen molar-refractivity contribution >= 4 is 17.3 Å². The molecule has 88 valence electrons. The van der Waals surface area contributed by atoms with Crippen molar-refractivity contribution in [1.82, 2.24) is 0 Å². The molecule has 0 spiro atoms. The van der Waals surface area contributed by atoms with E-state index in [4.69, 9.17) is 0 Å². The Labute approximate surface area is 95.3 Å². The summed E-state index contributed by atoms with van der Waals surface area (Å²) in [7, 11) is 0. The van der Waals surface area contributed by atoms with Crippen LogP contribution >= 0.6 is 0 Å². The fourth-order valence-corrected chi connectivity index (χ4v) is 1.54. The van der Waals surface area contributed by atoms with E-state index in [1.54, 1.807) is 12.1 Å². The average Bonchev–Trinajstić information content (AvgIpc) is 2.32. The highest BCUT2D eigenvalue weighted by molar-refractivity contribution is 5.91. The number of amides is 1. The Morgan fingerprint density at radius 2 is 1.81 bits per heavy atom. The molecule has 1 aromatic rings. The number of halogens is 1. The Hall–Kier alpha value is -1.58. The minimum Gasteiger partial charge on any atom is -0.372 e. The molecule has 0 aliphatic carbocycles. The minimum absolute atomic E-state index is 0.615. The Balaban J connectivity index is 2.70. The molecule has 1 aromatic carbocycles. The number of alkyl halides is 1. The first kappa shape index (κ1) is 12.5. The standard InChI is InChI=1S/C12H17FN2O/c1-3-15(4-2)11-7-5-10(6-8-11)14-12(16)9-13/h5-8H,3-4,9H2,1-2H3,(H,14,16). The quantitative estimate of drug-likeness (QED) is 0.833. The van der Waals surface area contributed by atoms with Gasteiger partial charge in [0.15, 0.2) is 6.67 Å². The van der Waals surface area contributed by atoms with Gasteiger partial charge in [-0.3, -0.25) is 4.79 Å². The second-order valence-electron chi connectivity index (χ2n) is 3.40. The molecule has 0 unspecified atom stereocenters. The molecule has 0 aliphatic rings. The summed E-state index contributed by atoms with van der Waals surface area (Å²) in [6, 6.07) is 7.39. The van der Waals surface area contributed by atoms with Crippen LogP contribution in [0.2, 0.25) is 0 Å². The molecule has 1 amide bonds. The van der Waals surface area contributed by atoms with Gasteiger partial charge in [0.1, 0.15) is 0 Å². The third-order valence-corrected chi connectivity index (χ3v) is 2.40. The molecule has 0 aliphatic heterocycles. The van der Waals surface area contributed by atoms with Crippen molar-refractivity contribution in [3.05, 3.63) is 24.3 Å². The van der Waals surface area contributed by atoms with Gasteiger partial charge in [-0.15, -0.1) is 0 Å². The number of hydrogen-bond acceptors (Lipinski definition) is 2. The second kappa shape index (κ2) is 6.10. The first-order valence-electron chi connectivity index (χ1n) is 5.42. The molecule has 1 rings (SSSR count). The van der Waals surface area contributed by atoms with E-state index in [0.717, 1.165) is 18.8 Å². The third kappa shape index (κ3) is 3.22. The first-order chi connectivity index (χ1) is 7.71. The lowest BCUT2D eigenvalue weighted by Gasteiger charge is -2.21. The van der Waals surface area contributed by atoms with Crippen LogP contribution in [0.5, 0.6) is 0 Å². The monoisotopic (exact) mass is 224 g/mol. The maximum Gasteiger partial charge on any atom is 0.255 e. The summed E-state index contributed by atoms with van der Waals surface area (Å²) in [4.78, 5) is 13.0. The predicted octanol–water partition coefficient (Wildman–Crippen LogP) is 2.44. The molecule has 0 atom stereocenters. The zero-order valence-corrected chi connectivity index (χ0v) is 9.66.